The molecule has 0 unspecified atom stereocenters. The number of thiazole rings is 1. The van der Waals surface area contributed by atoms with E-state index in [1.165, 1.54) is 23.9 Å². The summed E-state index contributed by atoms with van der Waals surface area (Å²) in [6, 6.07) is 7.48. The number of rotatable bonds is 4. The van der Waals surface area contributed by atoms with Gasteiger partial charge < -0.3 is 10.1 Å². The third-order valence-electron chi connectivity index (χ3n) is 5.18. The molecule has 2 aromatic heterocycles. The zero-order chi connectivity index (χ0) is 19.5. The molecule has 1 amide bonds. The van der Waals surface area contributed by atoms with Crippen LogP contribution >= 0.6 is 11.3 Å². The van der Waals surface area contributed by atoms with Crippen LogP contribution in [0.3, 0.4) is 0 Å². The summed E-state index contributed by atoms with van der Waals surface area (Å²) >= 11 is 1.58. The van der Waals surface area contributed by atoms with Crippen LogP contribution in [0.15, 0.2) is 35.3 Å². The molecule has 1 aliphatic carbocycles. The molecule has 7 heteroatoms. The van der Waals surface area contributed by atoms with Crippen LogP contribution in [-0.2, 0) is 19.4 Å². The SMILES string of the molecule is COc1ccccc1CNC(=O)c1cnc2sc3c(n2c1=O)CCCCCC3. The standard InChI is InChI=1S/C21H23N3O3S/c1-27-17-10-7-6-8-14(17)12-22-19(25)15-13-23-21-24(20(15)26)16-9-4-2-3-5-11-18(16)28-21/h6-8,10,13H,2-5,9,11-12H2,1H3,(H,22,25). The summed E-state index contributed by atoms with van der Waals surface area (Å²) < 4.78 is 6.97. The number of carbonyl (C=O) groups is 1. The van der Waals surface area contributed by atoms with Crippen LogP contribution in [0.4, 0.5) is 0 Å². The molecule has 1 N–H and O–H groups in total. The molecule has 0 spiro atoms. The predicted octanol–water partition coefficient (Wildman–Crippen LogP) is 3.35. The molecule has 1 aromatic carbocycles. The van der Waals surface area contributed by atoms with Crippen molar-refractivity contribution in [2.24, 2.45) is 0 Å². The Labute approximate surface area is 167 Å². The van der Waals surface area contributed by atoms with Crippen LogP contribution in [-0.4, -0.2) is 22.4 Å². The van der Waals surface area contributed by atoms with Gasteiger partial charge in [-0.3, -0.25) is 14.0 Å². The molecule has 0 bridgehead atoms. The van der Waals surface area contributed by atoms with E-state index >= 15 is 0 Å². The highest BCUT2D eigenvalue weighted by Crippen LogP contribution is 2.27. The van der Waals surface area contributed by atoms with E-state index < -0.39 is 5.91 Å². The van der Waals surface area contributed by atoms with Crippen LogP contribution < -0.4 is 15.6 Å². The smallest absolute Gasteiger partial charge is 0.271 e. The lowest BCUT2D eigenvalue weighted by atomic mass is 10.0. The lowest BCUT2D eigenvalue weighted by molar-refractivity contribution is 0.0948. The predicted molar refractivity (Wildman–Crippen MR) is 109 cm³/mol. The number of nitrogens with zero attached hydrogens (tertiary/aromatic N) is 2. The highest BCUT2D eigenvalue weighted by molar-refractivity contribution is 7.17. The van der Waals surface area contributed by atoms with Gasteiger partial charge in [-0.05, 0) is 31.7 Å². The molecule has 1 aliphatic rings. The zero-order valence-corrected chi connectivity index (χ0v) is 16.7. The molecule has 2 heterocycles. The van der Waals surface area contributed by atoms with E-state index in [1.807, 2.05) is 24.3 Å². The van der Waals surface area contributed by atoms with Crippen molar-refractivity contribution in [2.75, 3.05) is 7.11 Å². The number of aryl methyl sites for hydroxylation is 2. The molecule has 0 saturated heterocycles. The van der Waals surface area contributed by atoms with Gasteiger partial charge in [0.25, 0.3) is 11.5 Å². The number of para-hydroxylation sites is 1. The zero-order valence-electron chi connectivity index (χ0n) is 15.9. The highest BCUT2D eigenvalue weighted by Gasteiger charge is 2.20. The number of fused-ring (bicyclic) bond motifs is 3. The minimum absolute atomic E-state index is 0.0788. The molecule has 3 aromatic rings. The van der Waals surface area contributed by atoms with Crippen molar-refractivity contribution in [3.8, 4) is 5.75 Å². The van der Waals surface area contributed by atoms with E-state index in [4.69, 9.17) is 4.74 Å². The topological polar surface area (TPSA) is 72.7 Å². The fraction of sp³-hybridized carbons (Fsp3) is 0.381. The summed E-state index contributed by atoms with van der Waals surface area (Å²) in [5.74, 6) is 0.288. The molecule has 0 saturated carbocycles. The molecule has 146 valence electrons. The first kappa shape index (κ1) is 18.7. The molecular weight excluding hydrogens is 374 g/mol. The average Bonchev–Trinajstić information content (AvgIpc) is 3.04. The number of carbonyl (C=O) groups excluding carboxylic acids is 1. The number of hydrogen-bond acceptors (Lipinski definition) is 5. The van der Waals surface area contributed by atoms with Crippen molar-refractivity contribution in [3.05, 3.63) is 62.5 Å². The van der Waals surface area contributed by atoms with Crippen molar-refractivity contribution in [1.82, 2.24) is 14.7 Å². The van der Waals surface area contributed by atoms with Crippen molar-refractivity contribution in [1.29, 1.82) is 0 Å². The second-order valence-corrected chi connectivity index (χ2v) is 8.04. The van der Waals surface area contributed by atoms with Crippen LogP contribution in [0.1, 0.15) is 52.2 Å². The summed E-state index contributed by atoms with van der Waals surface area (Å²) in [7, 11) is 1.59. The van der Waals surface area contributed by atoms with Gasteiger partial charge in [0.2, 0.25) is 0 Å². The molecule has 28 heavy (non-hydrogen) atoms. The van der Waals surface area contributed by atoms with E-state index in [2.05, 4.69) is 10.3 Å². The number of amides is 1. The number of nitrogens with one attached hydrogen (secondary N) is 1. The Morgan fingerprint density at radius 1 is 1.21 bits per heavy atom. The molecule has 4 rings (SSSR count). The second-order valence-electron chi connectivity index (χ2n) is 6.98. The molecular formula is C21H23N3O3S. The number of benzene rings is 1. The Morgan fingerprint density at radius 2 is 2.00 bits per heavy atom. The van der Waals surface area contributed by atoms with E-state index in [0.29, 0.717) is 10.7 Å². The first-order valence-electron chi connectivity index (χ1n) is 9.61. The van der Waals surface area contributed by atoms with Gasteiger partial charge >= 0.3 is 0 Å². The van der Waals surface area contributed by atoms with E-state index in [1.54, 1.807) is 22.8 Å². The minimum atomic E-state index is -0.413. The Kier molecular flexibility index (Phi) is 5.43. The van der Waals surface area contributed by atoms with Crippen molar-refractivity contribution in [3.63, 3.8) is 0 Å². The largest absolute Gasteiger partial charge is 0.496 e. The monoisotopic (exact) mass is 397 g/mol. The van der Waals surface area contributed by atoms with Crippen LogP contribution in [0.5, 0.6) is 5.75 Å². The van der Waals surface area contributed by atoms with Gasteiger partial charge in [0, 0.05) is 28.9 Å². The quantitative estimate of drug-likeness (QED) is 0.733. The lowest BCUT2D eigenvalue weighted by Crippen LogP contribution is -2.31. The Morgan fingerprint density at radius 3 is 2.82 bits per heavy atom. The lowest BCUT2D eigenvalue weighted by Gasteiger charge is -2.10. The van der Waals surface area contributed by atoms with Gasteiger partial charge in [0.1, 0.15) is 11.3 Å². The maximum atomic E-state index is 13.1. The number of ether oxygens (including phenoxy) is 1. The third-order valence-corrected chi connectivity index (χ3v) is 6.34. The van der Waals surface area contributed by atoms with Crippen LogP contribution in [0.2, 0.25) is 0 Å². The Hall–Kier alpha value is -2.67. The number of aromatic nitrogens is 2. The van der Waals surface area contributed by atoms with Gasteiger partial charge in [-0.2, -0.15) is 0 Å². The van der Waals surface area contributed by atoms with E-state index in [-0.39, 0.29) is 17.7 Å². The first-order valence-corrected chi connectivity index (χ1v) is 10.4. The number of methoxy groups -OCH3 is 1. The van der Waals surface area contributed by atoms with Gasteiger partial charge in [0.15, 0.2) is 4.96 Å². The fourth-order valence-electron chi connectivity index (χ4n) is 3.70. The highest BCUT2D eigenvalue weighted by atomic mass is 32.1. The van der Waals surface area contributed by atoms with Crippen molar-refractivity contribution >= 4 is 22.2 Å². The molecule has 0 aliphatic heterocycles. The fourth-order valence-corrected chi connectivity index (χ4v) is 4.87. The molecule has 0 atom stereocenters. The van der Waals surface area contributed by atoms with Gasteiger partial charge in [-0.25, -0.2) is 4.98 Å². The summed E-state index contributed by atoms with van der Waals surface area (Å²) in [4.78, 5) is 32.1. The molecule has 0 fully saturated rings. The summed E-state index contributed by atoms with van der Waals surface area (Å²) in [6.07, 6.45) is 7.86. The maximum Gasteiger partial charge on any atom is 0.271 e. The second kappa shape index (κ2) is 8.14. The van der Waals surface area contributed by atoms with Gasteiger partial charge in [-0.1, -0.05) is 31.0 Å². The average molecular weight is 398 g/mol. The number of hydrogen-bond donors (Lipinski definition) is 1. The van der Waals surface area contributed by atoms with Gasteiger partial charge in [-0.15, -0.1) is 11.3 Å². The van der Waals surface area contributed by atoms with Gasteiger partial charge in [0.05, 0.1) is 7.11 Å². The third kappa shape index (κ3) is 3.54. The van der Waals surface area contributed by atoms with Crippen LogP contribution in [0, 0.1) is 0 Å². The summed E-state index contributed by atoms with van der Waals surface area (Å²) in [5, 5.41) is 2.82. The Balaban J connectivity index is 1.63. The Bertz CT molecular complexity index is 1070. The minimum Gasteiger partial charge on any atom is -0.496 e. The normalized spacial score (nSPS) is 14.2. The van der Waals surface area contributed by atoms with Crippen LogP contribution in [0.25, 0.3) is 4.96 Å². The maximum absolute atomic E-state index is 13.1. The van der Waals surface area contributed by atoms with Crippen molar-refractivity contribution in [2.45, 2.75) is 45.1 Å². The summed E-state index contributed by atoms with van der Waals surface area (Å²) in [6.45, 7) is 0.284. The van der Waals surface area contributed by atoms with E-state index in [0.717, 1.165) is 36.9 Å². The first-order chi connectivity index (χ1) is 13.7. The molecule has 0 radical (unpaired) electrons. The summed E-state index contributed by atoms with van der Waals surface area (Å²) in [5.41, 5.74) is 1.69. The van der Waals surface area contributed by atoms with E-state index in [9.17, 15) is 9.59 Å². The van der Waals surface area contributed by atoms with Crippen molar-refractivity contribution < 1.29 is 9.53 Å². The molecule has 6 nitrogen and oxygen atoms in total.